The molecule has 3 N–H and O–H groups in total. The predicted octanol–water partition coefficient (Wildman–Crippen LogP) is 2.22. The Hall–Kier alpha value is -1.91. The number of nitrogens with two attached hydrogens (primary N) is 1. The molecule has 0 aliphatic carbocycles. The summed E-state index contributed by atoms with van der Waals surface area (Å²) < 4.78 is 11.4. The molecule has 0 bridgehead atoms. The number of amides is 1. The van der Waals surface area contributed by atoms with Gasteiger partial charge >= 0.3 is 0 Å². The van der Waals surface area contributed by atoms with Crippen LogP contribution in [0.5, 0.6) is 11.5 Å². The Kier molecular flexibility index (Phi) is 4.71. The van der Waals surface area contributed by atoms with Gasteiger partial charge in [0.2, 0.25) is 0 Å². The maximum absolute atomic E-state index is 11.3. The second kappa shape index (κ2) is 6.50. The molecule has 1 atom stereocenters. The topological polar surface area (TPSA) is 73.6 Å². The predicted molar refractivity (Wildman–Crippen MR) is 78.3 cm³/mol. The van der Waals surface area contributed by atoms with E-state index in [1.165, 1.54) is 0 Å². The highest BCUT2D eigenvalue weighted by atomic mass is 16.5. The molecule has 110 valence electrons. The number of fused-ring (bicyclic) bond motifs is 1. The maximum atomic E-state index is 11.3. The zero-order chi connectivity index (χ0) is 14.5. The minimum atomic E-state index is -0.603. The molecule has 5 nitrogen and oxygen atoms in total. The third-order valence-corrected chi connectivity index (χ3v) is 3.37. The molecule has 2 rings (SSSR count). The van der Waals surface area contributed by atoms with Gasteiger partial charge in [0, 0.05) is 12.6 Å². The van der Waals surface area contributed by atoms with Gasteiger partial charge in [-0.15, -0.1) is 0 Å². The van der Waals surface area contributed by atoms with E-state index in [-0.39, 0.29) is 0 Å². The van der Waals surface area contributed by atoms with Crippen LogP contribution in [-0.4, -0.2) is 25.2 Å². The van der Waals surface area contributed by atoms with E-state index < -0.39 is 12.0 Å². The fraction of sp³-hybridized carbons (Fsp3) is 0.533. The molecule has 1 aromatic rings. The largest absolute Gasteiger partial charge is 0.491 e. The summed E-state index contributed by atoms with van der Waals surface area (Å²) in [6, 6.07) is 3.73. The molecule has 0 saturated carbocycles. The number of nitrogens with one attached hydrogen (secondary N) is 1. The highest BCUT2D eigenvalue weighted by molar-refractivity contribution is 5.79. The minimum Gasteiger partial charge on any atom is -0.491 e. The molecule has 1 aromatic carbocycles. The Balaban J connectivity index is 2.25. The first-order chi connectivity index (χ1) is 9.61. The molecule has 0 aromatic heterocycles. The van der Waals surface area contributed by atoms with Crippen LogP contribution < -0.4 is 20.5 Å². The number of anilines is 1. The average Bonchev–Trinajstić information content (AvgIpc) is 2.37. The fourth-order valence-corrected chi connectivity index (χ4v) is 2.26. The van der Waals surface area contributed by atoms with E-state index >= 15 is 0 Å². The summed E-state index contributed by atoms with van der Waals surface area (Å²) >= 11 is 0. The average molecular weight is 278 g/mol. The Morgan fingerprint density at radius 3 is 3.00 bits per heavy atom. The Morgan fingerprint density at radius 1 is 1.50 bits per heavy atom. The summed E-state index contributed by atoms with van der Waals surface area (Å²) in [4.78, 5) is 11.3. The van der Waals surface area contributed by atoms with Gasteiger partial charge < -0.3 is 20.5 Å². The number of hydrogen-bond donors (Lipinski definition) is 2. The summed E-state index contributed by atoms with van der Waals surface area (Å²) in [6.45, 7) is 5.50. The lowest BCUT2D eigenvalue weighted by molar-refractivity contribution is -0.124. The van der Waals surface area contributed by atoms with Gasteiger partial charge in [-0.1, -0.05) is 6.92 Å². The lowest BCUT2D eigenvalue weighted by Gasteiger charge is -2.21. The van der Waals surface area contributed by atoms with Gasteiger partial charge in [-0.3, -0.25) is 4.79 Å². The van der Waals surface area contributed by atoms with Gasteiger partial charge in [-0.2, -0.15) is 0 Å². The van der Waals surface area contributed by atoms with E-state index in [1.54, 1.807) is 0 Å². The molecule has 1 aliphatic rings. The van der Waals surface area contributed by atoms with Crippen LogP contribution in [0, 0.1) is 6.92 Å². The zero-order valence-electron chi connectivity index (χ0n) is 12.1. The lowest BCUT2D eigenvalue weighted by Crippen LogP contribution is -2.33. The zero-order valence-corrected chi connectivity index (χ0v) is 12.1. The summed E-state index contributed by atoms with van der Waals surface area (Å²) in [5.41, 5.74) is 7.35. The SMILES string of the molecule is CC[C@@H](Oc1cc(C)c2c(c1)OCCCCN2)C(N)=O. The Morgan fingerprint density at radius 2 is 2.30 bits per heavy atom. The molecule has 20 heavy (non-hydrogen) atoms. The van der Waals surface area contributed by atoms with Gasteiger partial charge in [0.25, 0.3) is 5.91 Å². The van der Waals surface area contributed by atoms with E-state index in [0.29, 0.717) is 18.8 Å². The van der Waals surface area contributed by atoms with E-state index in [2.05, 4.69) is 5.32 Å². The number of carbonyl (C=O) groups is 1. The van der Waals surface area contributed by atoms with Crippen LogP contribution in [0.15, 0.2) is 12.1 Å². The van der Waals surface area contributed by atoms with E-state index in [4.69, 9.17) is 15.2 Å². The van der Waals surface area contributed by atoms with Crippen molar-refractivity contribution < 1.29 is 14.3 Å². The van der Waals surface area contributed by atoms with Crippen LogP contribution in [0.4, 0.5) is 5.69 Å². The normalized spacial score (nSPS) is 15.9. The van der Waals surface area contributed by atoms with Crippen molar-refractivity contribution in [3.05, 3.63) is 17.7 Å². The molecule has 1 amide bonds. The molecule has 0 saturated heterocycles. The van der Waals surface area contributed by atoms with E-state index in [9.17, 15) is 4.79 Å². The second-order valence-corrected chi connectivity index (χ2v) is 5.01. The number of hydrogen-bond acceptors (Lipinski definition) is 4. The quantitative estimate of drug-likeness (QED) is 0.885. The smallest absolute Gasteiger partial charge is 0.258 e. The van der Waals surface area contributed by atoms with E-state index in [1.807, 2.05) is 26.0 Å². The molecule has 5 heteroatoms. The van der Waals surface area contributed by atoms with Crippen LogP contribution in [0.2, 0.25) is 0 Å². The Bertz CT molecular complexity index is 488. The fourth-order valence-electron chi connectivity index (χ4n) is 2.26. The van der Waals surface area contributed by atoms with Crippen molar-refractivity contribution in [3.8, 4) is 11.5 Å². The number of aryl methyl sites for hydroxylation is 1. The third-order valence-electron chi connectivity index (χ3n) is 3.37. The lowest BCUT2D eigenvalue weighted by atomic mass is 10.1. The summed E-state index contributed by atoms with van der Waals surface area (Å²) in [5.74, 6) is 0.948. The summed E-state index contributed by atoms with van der Waals surface area (Å²) in [6.07, 6.45) is 2.06. The molecule has 0 fully saturated rings. The highest BCUT2D eigenvalue weighted by Gasteiger charge is 2.17. The highest BCUT2D eigenvalue weighted by Crippen LogP contribution is 2.34. The van der Waals surface area contributed by atoms with Gasteiger partial charge in [-0.25, -0.2) is 0 Å². The van der Waals surface area contributed by atoms with Gasteiger partial charge in [-0.05, 0) is 37.8 Å². The summed E-state index contributed by atoms with van der Waals surface area (Å²) in [7, 11) is 0. The van der Waals surface area contributed by atoms with Gasteiger partial charge in [0.05, 0.1) is 12.3 Å². The third kappa shape index (κ3) is 3.35. The van der Waals surface area contributed by atoms with Crippen LogP contribution in [0.25, 0.3) is 0 Å². The standard InChI is InChI=1S/C15H22N2O3/c1-3-12(15(16)18)20-11-8-10(2)14-13(9-11)19-7-5-4-6-17-14/h8-9,12,17H,3-7H2,1-2H3,(H2,16,18)/t12-/m1/s1. The minimum absolute atomic E-state index is 0.448. The summed E-state index contributed by atoms with van der Waals surface area (Å²) in [5, 5.41) is 3.38. The number of ether oxygens (including phenoxy) is 2. The van der Waals surface area contributed by atoms with Crippen molar-refractivity contribution in [2.45, 2.75) is 39.2 Å². The van der Waals surface area contributed by atoms with Gasteiger partial charge in [0.1, 0.15) is 11.5 Å². The maximum Gasteiger partial charge on any atom is 0.258 e. The van der Waals surface area contributed by atoms with Crippen molar-refractivity contribution in [1.82, 2.24) is 0 Å². The van der Waals surface area contributed by atoms with Crippen molar-refractivity contribution in [2.24, 2.45) is 5.73 Å². The van der Waals surface area contributed by atoms with Crippen LogP contribution in [0.1, 0.15) is 31.7 Å². The first-order valence-corrected chi connectivity index (χ1v) is 7.09. The molecular formula is C15H22N2O3. The van der Waals surface area contributed by atoms with Gasteiger partial charge in [0.15, 0.2) is 6.10 Å². The monoisotopic (exact) mass is 278 g/mol. The second-order valence-electron chi connectivity index (χ2n) is 5.01. The van der Waals surface area contributed by atoms with Crippen LogP contribution in [-0.2, 0) is 4.79 Å². The van der Waals surface area contributed by atoms with Crippen LogP contribution in [0.3, 0.4) is 0 Å². The number of carbonyl (C=O) groups excluding carboxylic acids is 1. The Labute approximate surface area is 119 Å². The van der Waals surface area contributed by atoms with Crippen molar-refractivity contribution >= 4 is 11.6 Å². The molecule has 0 radical (unpaired) electrons. The van der Waals surface area contributed by atoms with Crippen molar-refractivity contribution in [2.75, 3.05) is 18.5 Å². The molecule has 1 aliphatic heterocycles. The van der Waals surface area contributed by atoms with Crippen LogP contribution >= 0.6 is 0 Å². The number of benzene rings is 1. The molecule has 0 spiro atoms. The first kappa shape index (κ1) is 14.5. The van der Waals surface area contributed by atoms with Crippen molar-refractivity contribution in [3.63, 3.8) is 0 Å². The first-order valence-electron chi connectivity index (χ1n) is 7.09. The molecular weight excluding hydrogens is 256 g/mol. The van der Waals surface area contributed by atoms with Crippen molar-refractivity contribution in [1.29, 1.82) is 0 Å². The molecule has 0 unspecified atom stereocenters. The van der Waals surface area contributed by atoms with E-state index in [0.717, 1.165) is 36.4 Å². The number of primary amides is 1. The molecule has 1 heterocycles. The number of rotatable bonds is 4.